The first-order valence-electron chi connectivity index (χ1n) is 9.79. The first-order valence-corrected chi connectivity index (χ1v) is 9.79. The van der Waals surface area contributed by atoms with Gasteiger partial charge < -0.3 is 14.4 Å². The number of ether oxygens (including phenoxy) is 2. The van der Waals surface area contributed by atoms with E-state index < -0.39 is 0 Å². The molecule has 2 heterocycles. The fourth-order valence-electron chi connectivity index (χ4n) is 3.93. The molecular formula is C23H25N3O3. The van der Waals surface area contributed by atoms with Gasteiger partial charge in [-0.05, 0) is 36.6 Å². The van der Waals surface area contributed by atoms with Crippen LogP contribution in [0.1, 0.15) is 40.4 Å². The highest BCUT2D eigenvalue weighted by Crippen LogP contribution is 2.39. The van der Waals surface area contributed by atoms with Crippen molar-refractivity contribution in [2.75, 3.05) is 20.8 Å². The second-order valence-corrected chi connectivity index (χ2v) is 7.18. The van der Waals surface area contributed by atoms with E-state index in [1.807, 2.05) is 47.5 Å². The fourth-order valence-corrected chi connectivity index (χ4v) is 3.93. The van der Waals surface area contributed by atoms with E-state index in [0.29, 0.717) is 18.7 Å². The van der Waals surface area contributed by atoms with Gasteiger partial charge in [0.1, 0.15) is 11.5 Å². The van der Waals surface area contributed by atoms with E-state index >= 15 is 0 Å². The van der Waals surface area contributed by atoms with Crippen LogP contribution in [0, 0.1) is 0 Å². The largest absolute Gasteiger partial charge is 0.497 e. The Balaban J connectivity index is 1.56. The summed E-state index contributed by atoms with van der Waals surface area (Å²) in [6.07, 6.45) is 5.33. The van der Waals surface area contributed by atoms with Crippen LogP contribution in [-0.4, -0.2) is 41.4 Å². The molecule has 0 spiro atoms. The standard InChI is InChI=1S/C23H25N3O3/c1-28-19-10-11-22(29-2)20(13-19)21-9-6-12-26(21)23(27)18-14-24-25(16-18)15-17-7-4-3-5-8-17/h3-5,7-8,10-11,13-14,16,21H,6,9,12,15H2,1-2H3. The van der Waals surface area contributed by atoms with E-state index in [0.717, 1.165) is 35.5 Å². The monoisotopic (exact) mass is 391 g/mol. The summed E-state index contributed by atoms with van der Waals surface area (Å²) in [5.41, 5.74) is 2.74. The lowest BCUT2D eigenvalue weighted by Gasteiger charge is -2.26. The maximum atomic E-state index is 13.3. The quantitative estimate of drug-likeness (QED) is 0.639. The van der Waals surface area contributed by atoms with Crippen LogP contribution < -0.4 is 9.47 Å². The number of hydrogen-bond donors (Lipinski definition) is 0. The second kappa shape index (κ2) is 8.39. The van der Waals surface area contributed by atoms with E-state index in [1.165, 1.54) is 0 Å². The molecule has 0 radical (unpaired) electrons. The summed E-state index contributed by atoms with van der Waals surface area (Å²) in [6, 6.07) is 15.8. The van der Waals surface area contributed by atoms with Crippen LogP contribution in [-0.2, 0) is 6.54 Å². The molecule has 1 aliphatic rings. The van der Waals surface area contributed by atoms with Crippen LogP contribution in [0.15, 0.2) is 60.9 Å². The van der Waals surface area contributed by atoms with Gasteiger partial charge >= 0.3 is 0 Å². The van der Waals surface area contributed by atoms with Crippen LogP contribution in [0.4, 0.5) is 0 Å². The van der Waals surface area contributed by atoms with Gasteiger partial charge in [-0.1, -0.05) is 30.3 Å². The molecule has 1 atom stereocenters. The summed E-state index contributed by atoms with van der Waals surface area (Å²) < 4.78 is 12.7. The molecule has 1 fully saturated rings. The average molecular weight is 391 g/mol. The Morgan fingerprint density at radius 3 is 2.72 bits per heavy atom. The molecule has 1 amide bonds. The van der Waals surface area contributed by atoms with E-state index in [1.54, 1.807) is 25.1 Å². The average Bonchev–Trinajstić information content (AvgIpc) is 3.43. The molecule has 1 unspecified atom stereocenters. The summed E-state index contributed by atoms with van der Waals surface area (Å²) in [6.45, 7) is 1.36. The van der Waals surface area contributed by atoms with Crippen molar-refractivity contribution in [1.29, 1.82) is 0 Å². The van der Waals surface area contributed by atoms with Crippen molar-refractivity contribution in [3.63, 3.8) is 0 Å². The van der Waals surface area contributed by atoms with Gasteiger partial charge in [-0.15, -0.1) is 0 Å². The Labute approximate surface area is 170 Å². The molecule has 0 N–H and O–H groups in total. The zero-order chi connectivity index (χ0) is 20.2. The smallest absolute Gasteiger partial charge is 0.257 e. The number of nitrogens with zero attached hydrogens (tertiary/aromatic N) is 3. The molecule has 1 aliphatic heterocycles. The lowest BCUT2D eigenvalue weighted by molar-refractivity contribution is 0.0734. The second-order valence-electron chi connectivity index (χ2n) is 7.18. The summed E-state index contributed by atoms with van der Waals surface area (Å²) in [5.74, 6) is 1.53. The number of benzene rings is 2. The Bertz CT molecular complexity index is 984. The van der Waals surface area contributed by atoms with Crippen molar-refractivity contribution >= 4 is 5.91 Å². The Kier molecular flexibility index (Phi) is 5.51. The number of carbonyl (C=O) groups excluding carboxylic acids is 1. The van der Waals surface area contributed by atoms with Gasteiger partial charge in [0.05, 0.1) is 38.6 Å². The van der Waals surface area contributed by atoms with Crippen molar-refractivity contribution in [2.24, 2.45) is 0 Å². The fraction of sp³-hybridized carbons (Fsp3) is 0.304. The normalized spacial score (nSPS) is 16.1. The van der Waals surface area contributed by atoms with Crippen LogP contribution in [0.5, 0.6) is 11.5 Å². The lowest BCUT2D eigenvalue weighted by atomic mass is 10.0. The molecular weight excluding hydrogens is 366 g/mol. The van der Waals surface area contributed by atoms with Crippen molar-refractivity contribution in [2.45, 2.75) is 25.4 Å². The number of likely N-dealkylation sites (tertiary alicyclic amines) is 1. The minimum Gasteiger partial charge on any atom is -0.497 e. The summed E-state index contributed by atoms with van der Waals surface area (Å²) in [7, 11) is 3.30. The van der Waals surface area contributed by atoms with Crippen LogP contribution >= 0.6 is 0 Å². The Morgan fingerprint density at radius 1 is 1.14 bits per heavy atom. The molecule has 6 nitrogen and oxygen atoms in total. The van der Waals surface area contributed by atoms with E-state index in [-0.39, 0.29) is 11.9 Å². The molecule has 150 valence electrons. The first-order chi connectivity index (χ1) is 14.2. The van der Waals surface area contributed by atoms with E-state index in [4.69, 9.17) is 9.47 Å². The number of amides is 1. The minimum absolute atomic E-state index is 0.00307. The van der Waals surface area contributed by atoms with Gasteiger partial charge in [-0.25, -0.2) is 0 Å². The molecule has 6 heteroatoms. The highest BCUT2D eigenvalue weighted by atomic mass is 16.5. The third kappa shape index (κ3) is 3.97. The molecule has 2 aromatic carbocycles. The maximum Gasteiger partial charge on any atom is 0.257 e. The maximum absolute atomic E-state index is 13.3. The zero-order valence-corrected chi connectivity index (χ0v) is 16.7. The van der Waals surface area contributed by atoms with Crippen molar-refractivity contribution < 1.29 is 14.3 Å². The van der Waals surface area contributed by atoms with Gasteiger partial charge in [0.15, 0.2) is 0 Å². The van der Waals surface area contributed by atoms with Gasteiger partial charge in [0.2, 0.25) is 0 Å². The van der Waals surface area contributed by atoms with Gasteiger partial charge in [-0.2, -0.15) is 5.10 Å². The third-order valence-electron chi connectivity index (χ3n) is 5.38. The molecule has 3 aromatic rings. The van der Waals surface area contributed by atoms with Crippen molar-refractivity contribution in [3.05, 3.63) is 77.6 Å². The predicted octanol–water partition coefficient (Wildman–Crippen LogP) is 3.93. The molecule has 1 aromatic heterocycles. The summed E-state index contributed by atoms with van der Waals surface area (Å²) in [5, 5.41) is 4.39. The highest BCUT2D eigenvalue weighted by molar-refractivity contribution is 5.94. The number of carbonyl (C=O) groups is 1. The minimum atomic E-state index is -0.0370. The molecule has 0 saturated carbocycles. The molecule has 29 heavy (non-hydrogen) atoms. The molecule has 0 aliphatic carbocycles. The first kappa shape index (κ1) is 19.1. The van der Waals surface area contributed by atoms with Crippen LogP contribution in [0.25, 0.3) is 0 Å². The third-order valence-corrected chi connectivity index (χ3v) is 5.38. The predicted molar refractivity (Wildman–Crippen MR) is 110 cm³/mol. The number of methoxy groups -OCH3 is 2. The number of rotatable bonds is 6. The highest BCUT2D eigenvalue weighted by Gasteiger charge is 2.33. The van der Waals surface area contributed by atoms with E-state index in [2.05, 4.69) is 17.2 Å². The molecule has 4 rings (SSSR count). The van der Waals surface area contributed by atoms with Crippen LogP contribution in [0.2, 0.25) is 0 Å². The summed E-state index contributed by atoms with van der Waals surface area (Å²) >= 11 is 0. The number of aromatic nitrogens is 2. The van der Waals surface area contributed by atoms with Crippen LogP contribution in [0.3, 0.4) is 0 Å². The zero-order valence-electron chi connectivity index (χ0n) is 16.7. The SMILES string of the molecule is COc1ccc(OC)c(C2CCCN2C(=O)c2cnn(Cc3ccccc3)c2)c1. The topological polar surface area (TPSA) is 56.6 Å². The van der Waals surface area contributed by atoms with Crippen molar-refractivity contribution in [3.8, 4) is 11.5 Å². The Morgan fingerprint density at radius 2 is 1.97 bits per heavy atom. The lowest BCUT2D eigenvalue weighted by Crippen LogP contribution is -2.30. The molecule has 0 bridgehead atoms. The van der Waals surface area contributed by atoms with Gasteiger partial charge in [0.25, 0.3) is 5.91 Å². The van der Waals surface area contributed by atoms with Crippen molar-refractivity contribution in [1.82, 2.24) is 14.7 Å². The number of hydrogen-bond acceptors (Lipinski definition) is 4. The Hall–Kier alpha value is -3.28. The molecule has 1 saturated heterocycles. The van der Waals surface area contributed by atoms with E-state index in [9.17, 15) is 4.79 Å². The summed E-state index contributed by atoms with van der Waals surface area (Å²) in [4.78, 5) is 15.2. The van der Waals surface area contributed by atoms with Gasteiger partial charge in [0, 0.05) is 18.3 Å². The van der Waals surface area contributed by atoms with Gasteiger partial charge in [-0.3, -0.25) is 9.48 Å².